The molecule has 5 heteroatoms. The number of anilines is 1. The molecule has 2 amide bonds. The molecule has 0 aliphatic carbocycles. The second-order valence-electron chi connectivity index (χ2n) is 9.49. The summed E-state index contributed by atoms with van der Waals surface area (Å²) in [7, 11) is 1.79. The van der Waals surface area contributed by atoms with Crippen LogP contribution < -0.4 is 10.2 Å². The van der Waals surface area contributed by atoms with Crippen LogP contribution in [0.25, 0.3) is 5.70 Å². The van der Waals surface area contributed by atoms with Crippen molar-refractivity contribution < 1.29 is 9.59 Å². The Morgan fingerprint density at radius 2 is 1.37 bits per heavy atom. The summed E-state index contributed by atoms with van der Waals surface area (Å²) >= 11 is 0. The van der Waals surface area contributed by atoms with E-state index in [9.17, 15) is 9.59 Å². The molecule has 38 heavy (non-hydrogen) atoms. The SMILES string of the molecule is C=C1c2ccccc2N(C)C(=O)C(Cc2ccccc2)N1C(C(=O)NCc1ccccc1)c1ccccc1. The summed E-state index contributed by atoms with van der Waals surface area (Å²) in [5.74, 6) is -0.272. The molecule has 0 radical (unpaired) electrons. The standard InChI is InChI=1S/C33H31N3O2/c1-24-28-20-12-13-21-29(28)35(2)33(38)30(22-25-14-6-3-7-15-25)36(24)31(27-18-10-5-11-19-27)32(37)34-23-26-16-8-4-9-17-26/h3-21,30-31H,1,22-23H2,2H3,(H,34,37). The fourth-order valence-electron chi connectivity index (χ4n) is 5.11. The van der Waals surface area contributed by atoms with Crippen LogP contribution in [0.2, 0.25) is 0 Å². The summed E-state index contributed by atoms with van der Waals surface area (Å²) in [4.78, 5) is 31.8. The molecule has 0 spiro atoms. The van der Waals surface area contributed by atoms with Gasteiger partial charge in [0.1, 0.15) is 12.1 Å². The van der Waals surface area contributed by atoms with Gasteiger partial charge in [-0.15, -0.1) is 0 Å². The Balaban J connectivity index is 1.62. The normalized spacial score (nSPS) is 16.0. The number of nitrogens with one attached hydrogen (secondary N) is 1. The Morgan fingerprint density at radius 1 is 0.816 bits per heavy atom. The maximum absolute atomic E-state index is 14.1. The van der Waals surface area contributed by atoms with E-state index in [1.165, 1.54) is 0 Å². The summed E-state index contributed by atoms with van der Waals surface area (Å²) in [5.41, 5.74) is 5.06. The fourth-order valence-corrected chi connectivity index (χ4v) is 5.11. The molecule has 0 saturated heterocycles. The van der Waals surface area contributed by atoms with Crippen LogP contribution in [0.4, 0.5) is 5.69 Å². The van der Waals surface area contributed by atoms with Gasteiger partial charge in [-0.05, 0) is 22.8 Å². The summed E-state index contributed by atoms with van der Waals surface area (Å²) in [6, 6.07) is 35.7. The van der Waals surface area contributed by atoms with Crippen molar-refractivity contribution in [1.82, 2.24) is 10.2 Å². The van der Waals surface area contributed by atoms with Crippen molar-refractivity contribution >= 4 is 23.2 Å². The van der Waals surface area contributed by atoms with Gasteiger partial charge < -0.3 is 15.1 Å². The third-order valence-corrected chi connectivity index (χ3v) is 7.06. The van der Waals surface area contributed by atoms with Gasteiger partial charge in [0.25, 0.3) is 0 Å². The number of likely N-dealkylation sites (N-methyl/N-ethyl adjacent to an activating group) is 1. The zero-order valence-corrected chi connectivity index (χ0v) is 21.5. The lowest BCUT2D eigenvalue weighted by molar-refractivity contribution is -0.129. The summed E-state index contributed by atoms with van der Waals surface area (Å²) in [6.07, 6.45) is 0.437. The maximum Gasteiger partial charge on any atom is 0.249 e. The van der Waals surface area contributed by atoms with E-state index in [1.807, 2.05) is 120 Å². The van der Waals surface area contributed by atoms with Gasteiger partial charge in [0.05, 0.1) is 5.69 Å². The van der Waals surface area contributed by atoms with E-state index in [0.29, 0.717) is 18.7 Å². The number of rotatable bonds is 7. The molecule has 0 saturated carbocycles. The fraction of sp³-hybridized carbons (Fsp3) is 0.152. The van der Waals surface area contributed by atoms with Crippen molar-refractivity contribution in [3.05, 3.63) is 144 Å². The highest BCUT2D eigenvalue weighted by Gasteiger charge is 2.41. The van der Waals surface area contributed by atoms with E-state index in [4.69, 9.17) is 0 Å². The molecular weight excluding hydrogens is 470 g/mol. The molecule has 0 fully saturated rings. The molecule has 5 nitrogen and oxygen atoms in total. The first-order valence-electron chi connectivity index (χ1n) is 12.8. The molecule has 4 aromatic rings. The molecule has 0 bridgehead atoms. The number of fused-ring (bicyclic) bond motifs is 1. The number of carbonyl (C=O) groups is 2. The van der Waals surface area contributed by atoms with Crippen LogP contribution in [0, 0.1) is 0 Å². The molecule has 0 aromatic heterocycles. The molecule has 2 atom stereocenters. The minimum absolute atomic E-state index is 0.0863. The minimum atomic E-state index is -0.760. The highest BCUT2D eigenvalue weighted by Crippen LogP contribution is 2.40. The predicted octanol–water partition coefficient (Wildman–Crippen LogP) is 5.60. The molecular formula is C33H31N3O2. The first kappa shape index (κ1) is 25.0. The van der Waals surface area contributed by atoms with Crippen LogP contribution >= 0.6 is 0 Å². The van der Waals surface area contributed by atoms with Crippen molar-refractivity contribution in [2.45, 2.75) is 25.0 Å². The third-order valence-electron chi connectivity index (χ3n) is 7.06. The van der Waals surface area contributed by atoms with Crippen LogP contribution in [0.1, 0.15) is 28.3 Å². The molecule has 2 unspecified atom stereocenters. The Labute approximate surface area is 224 Å². The number of benzene rings is 4. The lowest BCUT2D eigenvalue weighted by atomic mass is 9.96. The highest BCUT2D eigenvalue weighted by atomic mass is 16.2. The van der Waals surface area contributed by atoms with Crippen LogP contribution in [0.15, 0.2) is 122 Å². The third kappa shape index (κ3) is 5.09. The number of hydrogen-bond acceptors (Lipinski definition) is 3. The van der Waals surface area contributed by atoms with E-state index in [1.54, 1.807) is 11.9 Å². The second kappa shape index (κ2) is 11.2. The van der Waals surface area contributed by atoms with Gasteiger partial charge in [-0.1, -0.05) is 116 Å². The molecule has 1 aliphatic heterocycles. The Hall–Kier alpha value is -4.64. The number of nitrogens with zero attached hydrogens (tertiary/aromatic N) is 2. The monoisotopic (exact) mass is 501 g/mol. The molecule has 1 heterocycles. The van der Waals surface area contributed by atoms with Crippen LogP contribution in [0.5, 0.6) is 0 Å². The molecule has 1 N–H and O–H groups in total. The van der Waals surface area contributed by atoms with Crippen LogP contribution in [-0.4, -0.2) is 29.8 Å². The zero-order valence-electron chi connectivity index (χ0n) is 21.5. The van der Waals surface area contributed by atoms with E-state index < -0.39 is 12.1 Å². The molecule has 190 valence electrons. The molecule has 5 rings (SSSR count). The van der Waals surface area contributed by atoms with Crippen molar-refractivity contribution in [3.8, 4) is 0 Å². The van der Waals surface area contributed by atoms with Crippen molar-refractivity contribution in [1.29, 1.82) is 0 Å². The summed E-state index contributed by atoms with van der Waals surface area (Å²) in [6.45, 7) is 4.86. The van der Waals surface area contributed by atoms with Gasteiger partial charge in [0.2, 0.25) is 11.8 Å². The van der Waals surface area contributed by atoms with Crippen molar-refractivity contribution in [2.75, 3.05) is 11.9 Å². The van der Waals surface area contributed by atoms with E-state index in [-0.39, 0.29) is 11.8 Å². The second-order valence-corrected chi connectivity index (χ2v) is 9.49. The topological polar surface area (TPSA) is 52.7 Å². The van der Waals surface area contributed by atoms with E-state index in [2.05, 4.69) is 11.9 Å². The number of carbonyl (C=O) groups excluding carboxylic acids is 2. The lowest BCUT2D eigenvalue weighted by Gasteiger charge is -2.39. The molecule has 1 aliphatic rings. The van der Waals surface area contributed by atoms with E-state index in [0.717, 1.165) is 27.9 Å². The zero-order chi connectivity index (χ0) is 26.5. The number of amides is 2. The first-order chi connectivity index (χ1) is 18.5. The van der Waals surface area contributed by atoms with Crippen LogP contribution in [0.3, 0.4) is 0 Å². The minimum Gasteiger partial charge on any atom is -0.350 e. The van der Waals surface area contributed by atoms with Gasteiger partial charge in [0.15, 0.2) is 0 Å². The van der Waals surface area contributed by atoms with Gasteiger partial charge >= 0.3 is 0 Å². The Kier molecular flexibility index (Phi) is 7.36. The average Bonchev–Trinajstić information content (AvgIpc) is 3.04. The predicted molar refractivity (Wildman–Crippen MR) is 152 cm³/mol. The summed E-state index contributed by atoms with van der Waals surface area (Å²) in [5, 5.41) is 3.12. The average molecular weight is 502 g/mol. The van der Waals surface area contributed by atoms with Gasteiger partial charge in [0, 0.05) is 31.3 Å². The Morgan fingerprint density at radius 3 is 2.03 bits per heavy atom. The molecule has 4 aromatic carbocycles. The maximum atomic E-state index is 14.1. The van der Waals surface area contributed by atoms with E-state index >= 15 is 0 Å². The smallest absolute Gasteiger partial charge is 0.249 e. The van der Waals surface area contributed by atoms with Crippen LogP contribution in [-0.2, 0) is 22.6 Å². The van der Waals surface area contributed by atoms with Gasteiger partial charge in [-0.2, -0.15) is 0 Å². The lowest BCUT2D eigenvalue weighted by Crippen LogP contribution is -2.50. The number of hydrogen-bond donors (Lipinski definition) is 1. The Bertz CT molecular complexity index is 1420. The van der Waals surface area contributed by atoms with Gasteiger partial charge in [-0.25, -0.2) is 0 Å². The van der Waals surface area contributed by atoms with Crippen molar-refractivity contribution in [2.24, 2.45) is 0 Å². The van der Waals surface area contributed by atoms with Gasteiger partial charge in [-0.3, -0.25) is 9.59 Å². The van der Waals surface area contributed by atoms with Crippen molar-refractivity contribution in [3.63, 3.8) is 0 Å². The first-order valence-corrected chi connectivity index (χ1v) is 12.8. The quantitative estimate of drug-likeness (QED) is 0.358. The largest absolute Gasteiger partial charge is 0.350 e. The highest BCUT2D eigenvalue weighted by molar-refractivity contribution is 6.03. The summed E-state index contributed by atoms with van der Waals surface area (Å²) < 4.78 is 0. The number of para-hydroxylation sites is 1.